The maximum absolute atomic E-state index is 11.2. The smallest absolute Gasteiger partial charge is 0.308 e. The van der Waals surface area contributed by atoms with Crippen LogP contribution in [0, 0.1) is 17.8 Å². The second-order valence-corrected chi connectivity index (χ2v) is 4.85. The van der Waals surface area contributed by atoms with Crippen molar-refractivity contribution in [2.24, 2.45) is 17.8 Å². The van der Waals surface area contributed by atoms with E-state index in [9.17, 15) is 14.7 Å². The molecule has 3 atom stereocenters. The minimum Gasteiger partial charge on any atom is -0.481 e. The van der Waals surface area contributed by atoms with Gasteiger partial charge in [-0.2, -0.15) is 0 Å². The van der Waals surface area contributed by atoms with Gasteiger partial charge in [0.15, 0.2) is 0 Å². The molecule has 0 aromatic heterocycles. The largest absolute Gasteiger partial charge is 0.481 e. The van der Waals surface area contributed by atoms with Crippen LogP contribution < -0.4 is 0 Å². The molecule has 1 rings (SSSR count). The van der Waals surface area contributed by atoms with E-state index in [-0.39, 0.29) is 5.92 Å². The van der Waals surface area contributed by atoms with Gasteiger partial charge in [-0.15, -0.1) is 0 Å². The predicted molar refractivity (Wildman–Crippen MR) is 63.5 cm³/mol. The fraction of sp³-hybridized carbons (Fsp3) is 0.538. The van der Waals surface area contributed by atoms with Gasteiger partial charge in [-0.05, 0) is 27.2 Å². The summed E-state index contributed by atoms with van der Waals surface area (Å²) in [4.78, 5) is 22.4. The highest BCUT2D eigenvalue weighted by Gasteiger charge is 2.40. The van der Waals surface area contributed by atoms with Crippen molar-refractivity contribution in [1.82, 2.24) is 0 Å². The van der Waals surface area contributed by atoms with Crippen LogP contribution >= 0.6 is 0 Å². The van der Waals surface area contributed by atoms with E-state index < -0.39 is 23.8 Å². The normalized spacial score (nSPS) is 28.2. The summed E-state index contributed by atoms with van der Waals surface area (Å²) in [7, 11) is 0. The van der Waals surface area contributed by atoms with Crippen LogP contribution in [0.1, 0.15) is 27.2 Å². The van der Waals surface area contributed by atoms with Crippen LogP contribution in [0.4, 0.5) is 0 Å². The van der Waals surface area contributed by atoms with E-state index in [4.69, 9.17) is 5.11 Å². The SMILES string of the molecule is CC(C)=CC1C=C(C)CC(C(=O)O)C1C(=O)O. The fourth-order valence-electron chi connectivity index (χ4n) is 2.36. The number of hydrogen-bond acceptors (Lipinski definition) is 2. The molecule has 1 aliphatic carbocycles. The quantitative estimate of drug-likeness (QED) is 0.740. The third-order valence-electron chi connectivity index (χ3n) is 3.00. The van der Waals surface area contributed by atoms with E-state index in [0.717, 1.165) is 11.1 Å². The van der Waals surface area contributed by atoms with Gasteiger partial charge in [0.05, 0.1) is 11.8 Å². The molecule has 0 fully saturated rings. The zero-order valence-electron chi connectivity index (χ0n) is 10.3. The molecule has 0 saturated heterocycles. The Morgan fingerprint density at radius 3 is 2.29 bits per heavy atom. The van der Waals surface area contributed by atoms with Crippen molar-refractivity contribution >= 4 is 11.9 Å². The van der Waals surface area contributed by atoms with Crippen molar-refractivity contribution in [3.63, 3.8) is 0 Å². The molecule has 3 unspecified atom stereocenters. The molecule has 0 saturated carbocycles. The minimum absolute atomic E-state index is 0.319. The lowest BCUT2D eigenvalue weighted by Crippen LogP contribution is -2.37. The van der Waals surface area contributed by atoms with Gasteiger partial charge in [0.25, 0.3) is 0 Å². The lowest BCUT2D eigenvalue weighted by atomic mass is 9.73. The molecule has 0 aromatic rings. The Kier molecular flexibility index (Phi) is 4.10. The van der Waals surface area contributed by atoms with Crippen LogP contribution in [0.3, 0.4) is 0 Å². The molecule has 4 heteroatoms. The summed E-state index contributed by atoms with van der Waals surface area (Å²) in [6, 6.07) is 0. The number of rotatable bonds is 3. The Bertz CT molecular complexity index is 388. The third-order valence-corrected chi connectivity index (χ3v) is 3.00. The van der Waals surface area contributed by atoms with Crippen molar-refractivity contribution in [2.45, 2.75) is 27.2 Å². The van der Waals surface area contributed by atoms with Gasteiger partial charge in [0.2, 0.25) is 0 Å². The van der Waals surface area contributed by atoms with E-state index in [1.54, 1.807) is 0 Å². The summed E-state index contributed by atoms with van der Waals surface area (Å²) in [5.41, 5.74) is 1.94. The van der Waals surface area contributed by atoms with Crippen molar-refractivity contribution in [3.05, 3.63) is 23.3 Å². The summed E-state index contributed by atoms with van der Waals surface area (Å²) in [6.45, 7) is 5.61. The summed E-state index contributed by atoms with van der Waals surface area (Å²) in [5, 5.41) is 18.3. The molecule has 0 spiro atoms. The number of allylic oxidation sites excluding steroid dienone is 4. The van der Waals surface area contributed by atoms with Gasteiger partial charge in [-0.1, -0.05) is 23.3 Å². The van der Waals surface area contributed by atoms with Crippen LogP contribution in [0.2, 0.25) is 0 Å². The average Bonchev–Trinajstić information content (AvgIpc) is 2.14. The zero-order valence-corrected chi connectivity index (χ0v) is 10.3. The molecule has 94 valence electrons. The van der Waals surface area contributed by atoms with Gasteiger partial charge in [-0.3, -0.25) is 9.59 Å². The average molecular weight is 238 g/mol. The highest BCUT2D eigenvalue weighted by Crippen LogP contribution is 2.35. The topological polar surface area (TPSA) is 74.6 Å². The van der Waals surface area contributed by atoms with E-state index in [2.05, 4.69) is 0 Å². The molecular weight excluding hydrogens is 220 g/mol. The maximum Gasteiger partial charge on any atom is 0.308 e. The Hall–Kier alpha value is -1.58. The lowest BCUT2D eigenvalue weighted by Gasteiger charge is -2.30. The van der Waals surface area contributed by atoms with Crippen molar-refractivity contribution < 1.29 is 19.8 Å². The van der Waals surface area contributed by atoms with Crippen LogP contribution in [0.5, 0.6) is 0 Å². The van der Waals surface area contributed by atoms with Gasteiger partial charge < -0.3 is 10.2 Å². The van der Waals surface area contributed by atoms with Crippen molar-refractivity contribution in [1.29, 1.82) is 0 Å². The Labute approximate surface area is 101 Å². The van der Waals surface area contributed by atoms with Crippen LogP contribution in [-0.2, 0) is 9.59 Å². The molecule has 0 amide bonds. The number of carboxylic acid groups (broad SMARTS) is 2. The Morgan fingerprint density at radius 1 is 1.29 bits per heavy atom. The fourth-order valence-corrected chi connectivity index (χ4v) is 2.36. The number of carbonyl (C=O) groups is 2. The Balaban J connectivity index is 3.16. The standard InChI is InChI=1S/C13H18O4/c1-7(2)4-9-5-8(3)6-10(12(14)15)11(9)13(16)17/h4-5,9-11H,6H2,1-3H3,(H,14,15)(H,16,17). The van der Waals surface area contributed by atoms with Crippen LogP contribution in [0.25, 0.3) is 0 Å². The molecule has 17 heavy (non-hydrogen) atoms. The molecule has 0 radical (unpaired) electrons. The van der Waals surface area contributed by atoms with Crippen molar-refractivity contribution in [2.75, 3.05) is 0 Å². The lowest BCUT2D eigenvalue weighted by molar-refractivity contribution is -0.155. The van der Waals surface area contributed by atoms with Gasteiger partial charge in [-0.25, -0.2) is 0 Å². The van der Waals surface area contributed by atoms with E-state index >= 15 is 0 Å². The summed E-state index contributed by atoms with van der Waals surface area (Å²) in [5.74, 6) is -4.10. The number of hydrogen-bond donors (Lipinski definition) is 2. The van der Waals surface area contributed by atoms with Crippen LogP contribution in [0.15, 0.2) is 23.3 Å². The summed E-state index contributed by atoms with van der Waals surface area (Å²) < 4.78 is 0. The van der Waals surface area contributed by atoms with Crippen LogP contribution in [-0.4, -0.2) is 22.2 Å². The first-order valence-corrected chi connectivity index (χ1v) is 5.61. The highest BCUT2D eigenvalue weighted by molar-refractivity contribution is 5.81. The molecule has 1 aliphatic rings. The van der Waals surface area contributed by atoms with Gasteiger partial charge >= 0.3 is 11.9 Å². The van der Waals surface area contributed by atoms with E-state index in [1.807, 2.05) is 32.9 Å². The molecule has 0 bridgehead atoms. The molecular formula is C13H18O4. The van der Waals surface area contributed by atoms with Crippen molar-refractivity contribution in [3.8, 4) is 0 Å². The molecule has 0 aliphatic heterocycles. The Morgan fingerprint density at radius 2 is 1.88 bits per heavy atom. The second-order valence-electron chi connectivity index (χ2n) is 4.85. The first-order valence-electron chi connectivity index (χ1n) is 5.61. The monoisotopic (exact) mass is 238 g/mol. The molecule has 0 heterocycles. The second kappa shape index (κ2) is 5.17. The zero-order chi connectivity index (χ0) is 13.2. The maximum atomic E-state index is 11.2. The molecule has 4 nitrogen and oxygen atoms in total. The minimum atomic E-state index is -1.04. The third kappa shape index (κ3) is 3.19. The first-order chi connectivity index (χ1) is 7.82. The molecule has 2 N–H and O–H groups in total. The highest BCUT2D eigenvalue weighted by atomic mass is 16.4. The number of aliphatic carboxylic acids is 2. The predicted octanol–water partition coefficient (Wildman–Crippen LogP) is 2.32. The van der Waals surface area contributed by atoms with E-state index in [1.165, 1.54) is 0 Å². The number of carboxylic acids is 2. The van der Waals surface area contributed by atoms with E-state index in [0.29, 0.717) is 6.42 Å². The van der Waals surface area contributed by atoms with Gasteiger partial charge in [0, 0.05) is 5.92 Å². The summed E-state index contributed by atoms with van der Waals surface area (Å²) >= 11 is 0. The first kappa shape index (κ1) is 13.5. The van der Waals surface area contributed by atoms with Gasteiger partial charge in [0.1, 0.15) is 0 Å². The molecule has 0 aromatic carbocycles. The summed E-state index contributed by atoms with van der Waals surface area (Å²) in [6.07, 6.45) is 4.02.